The van der Waals surface area contributed by atoms with Crippen LogP contribution in [0.5, 0.6) is 0 Å². The van der Waals surface area contributed by atoms with Gasteiger partial charge in [-0.3, -0.25) is 4.79 Å². The molecule has 0 spiro atoms. The van der Waals surface area contributed by atoms with Gasteiger partial charge in [-0.05, 0) is 31.4 Å². The number of aryl methyl sites for hydroxylation is 1. The highest BCUT2D eigenvalue weighted by atomic mass is 32.2. The predicted octanol–water partition coefficient (Wildman–Crippen LogP) is 3.19. The first-order chi connectivity index (χ1) is 9.72. The number of benzene rings is 1. The number of hydrogen-bond acceptors (Lipinski definition) is 5. The molecule has 1 aliphatic carbocycles. The number of aromatic nitrogens is 2. The monoisotopic (exact) mass is 288 g/mol. The van der Waals surface area contributed by atoms with E-state index in [-0.39, 0.29) is 18.1 Å². The molecule has 1 aromatic carbocycles. The van der Waals surface area contributed by atoms with Crippen molar-refractivity contribution in [3.8, 4) is 0 Å². The maximum Gasteiger partial charge on any atom is 0.234 e. The zero-order valence-corrected chi connectivity index (χ0v) is 12.2. The van der Waals surface area contributed by atoms with E-state index in [0.29, 0.717) is 17.5 Å². The molecule has 0 amide bonds. The van der Waals surface area contributed by atoms with Gasteiger partial charge in [-0.15, -0.1) is 11.8 Å². The Morgan fingerprint density at radius 3 is 2.95 bits per heavy atom. The number of hydrogen-bond donors (Lipinski definition) is 0. The molecule has 0 aliphatic heterocycles. The molecule has 20 heavy (non-hydrogen) atoms. The normalized spacial score (nSPS) is 14.4. The molecule has 4 nitrogen and oxygen atoms in total. The average molecular weight is 288 g/mol. The fourth-order valence-electron chi connectivity index (χ4n) is 1.98. The van der Waals surface area contributed by atoms with E-state index < -0.39 is 0 Å². The fraction of sp³-hybridized carbons (Fsp3) is 0.400. The molecular formula is C15H16N2O2S. The zero-order valence-electron chi connectivity index (χ0n) is 11.3. The highest BCUT2D eigenvalue weighted by Gasteiger charge is 2.30. The molecule has 0 radical (unpaired) electrons. The van der Waals surface area contributed by atoms with Crippen LogP contribution in [0.1, 0.15) is 30.1 Å². The van der Waals surface area contributed by atoms with Gasteiger partial charge in [-0.1, -0.05) is 23.4 Å². The highest BCUT2D eigenvalue weighted by molar-refractivity contribution is 7.98. The van der Waals surface area contributed by atoms with Crippen LogP contribution in [0.3, 0.4) is 0 Å². The van der Waals surface area contributed by atoms with E-state index in [1.807, 2.05) is 12.1 Å². The minimum atomic E-state index is 0.228. The Balaban J connectivity index is 1.57. The van der Waals surface area contributed by atoms with Crippen molar-refractivity contribution in [2.45, 2.75) is 36.8 Å². The summed E-state index contributed by atoms with van der Waals surface area (Å²) in [4.78, 5) is 17.2. The summed E-state index contributed by atoms with van der Waals surface area (Å²) in [6.45, 7) is 2.08. The van der Waals surface area contributed by atoms with Gasteiger partial charge in [0.05, 0.1) is 12.2 Å². The van der Waals surface area contributed by atoms with Gasteiger partial charge in [0.15, 0.2) is 5.82 Å². The summed E-state index contributed by atoms with van der Waals surface area (Å²) in [5.74, 6) is 2.23. The van der Waals surface area contributed by atoms with E-state index in [9.17, 15) is 4.79 Å². The van der Waals surface area contributed by atoms with Gasteiger partial charge in [0, 0.05) is 10.8 Å². The van der Waals surface area contributed by atoms with Crippen LogP contribution in [0.4, 0.5) is 0 Å². The molecule has 1 aliphatic rings. The topological polar surface area (TPSA) is 56.0 Å². The molecule has 1 saturated carbocycles. The van der Waals surface area contributed by atoms with Gasteiger partial charge < -0.3 is 4.52 Å². The number of rotatable bonds is 6. The van der Waals surface area contributed by atoms with Crippen LogP contribution in [-0.4, -0.2) is 15.9 Å². The van der Waals surface area contributed by atoms with E-state index in [1.54, 1.807) is 11.8 Å². The average Bonchev–Trinajstić information content (AvgIpc) is 3.20. The SMILES string of the molecule is Cc1ccccc1SCc1noc(CC(=O)C2CC2)n1. The highest BCUT2D eigenvalue weighted by Crippen LogP contribution is 2.31. The quantitative estimate of drug-likeness (QED) is 0.764. The third kappa shape index (κ3) is 3.28. The lowest BCUT2D eigenvalue weighted by Gasteiger charge is -2.01. The Kier molecular flexibility index (Phi) is 3.87. The van der Waals surface area contributed by atoms with Crippen molar-refractivity contribution in [2.24, 2.45) is 5.92 Å². The van der Waals surface area contributed by atoms with E-state index in [4.69, 9.17) is 4.52 Å². The van der Waals surface area contributed by atoms with E-state index in [0.717, 1.165) is 12.8 Å². The van der Waals surface area contributed by atoms with Crippen LogP contribution in [0, 0.1) is 12.8 Å². The third-order valence-corrected chi connectivity index (χ3v) is 4.49. The minimum Gasteiger partial charge on any atom is -0.339 e. The molecule has 0 N–H and O–H groups in total. The Morgan fingerprint density at radius 2 is 2.20 bits per heavy atom. The minimum absolute atomic E-state index is 0.228. The largest absolute Gasteiger partial charge is 0.339 e. The summed E-state index contributed by atoms with van der Waals surface area (Å²) in [6.07, 6.45) is 2.32. The van der Waals surface area contributed by atoms with Crippen LogP contribution in [0.15, 0.2) is 33.7 Å². The van der Waals surface area contributed by atoms with E-state index >= 15 is 0 Å². The van der Waals surface area contributed by atoms with Gasteiger partial charge in [0.2, 0.25) is 5.89 Å². The van der Waals surface area contributed by atoms with Crippen molar-refractivity contribution in [1.29, 1.82) is 0 Å². The second-order valence-electron chi connectivity index (χ2n) is 5.08. The Bertz CT molecular complexity index is 620. The molecular weight excluding hydrogens is 272 g/mol. The Hall–Kier alpha value is -1.62. The Labute approximate surface area is 122 Å². The van der Waals surface area contributed by atoms with Crippen molar-refractivity contribution in [3.05, 3.63) is 41.5 Å². The van der Waals surface area contributed by atoms with Crippen molar-refractivity contribution in [1.82, 2.24) is 10.1 Å². The molecule has 5 heteroatoms. The molecule has 0 atom stereocenters. The summed E-state index contributed by atoms with van der Waals surface area (Å²) >= 11 is 1.68. The van der Waals surface area contributed by atoms with Gasteiger partial charge in [0.1, 0.15) is 5.78 Å². The second kappa shape index (κ2) is 5.79. The van der Waals surface area contributed by atoms with Crippen molar-refractivity contribution >= 4 is 17.5 Å². The summed E-state index contributed by atoms with van der Waals surface area (Å²) in [5.41, 5.74) is 1.24. The van der Waals surface area contributed by atoms with E-state index in [2.05, 4.69) is 29.2 Å². The zero-order chi connectivity index (χ0) is 13.9. The summed E-state index contributed by atoms with van der Waals surface area (Å²) < 4.78 is 5.14. The molecule has 0 saturated heterocycles. The van der Waals surface area contributed by atoms with Crippen LogP contribution < -0.4 is 0 Å². The summed E-state index contributed by atoms with van der Waals surface area (Å²) in [7, 11) is 0. The number of Topliss-reactive ketones (excluding diaryl/α,β-unsaturated/α-hetero) is 1. The number of thioether (sulfide) groups is 1. The molecule has 3 rings (SSSR count). The number of carbonyl (C=O) groups excluding carboxylic acids is 1. The lowest BCUT2D eigenvalue weighted by Crippen LogP contribution is -2.04. The van der Waals surface area contributed by atoms with Gasteiger partial charge in [-0.25, -0.2) is 0 Å². The second-order valence-corrected chi connectivity index (χ2v) is 6.09. The van der Waals surface area contributed by atoms with Crippen LogP contribution in [0.25, 0.3) is 0 Å². The van der Waals surface area contributed by atoms with Crippen LogP contribution in [-0.2, 0) is 17.0 Å². The lowest BCUT2D eigenvalue weighted by molar-refractivity contribution is -0.119. The maximum absolute atomic E-state index is 11.7. The summed E-state index contributed by atoms with van der Waals surface area (Å²) in [5, 5.41) is 3.93. The first-order valence-electron chi connectivity index (χ1n) is 6.75. The van der Waals surface area contributed by atoms with Gasteiger partial charge in [0.25, 0.3) is 0 Å². The van der Waals surface area contributed by atoms with Gasteiger partial charge in [-0.2, -0.15) is 4.98 Å². The van der Waals surface area contributed by atoms with Crippen molar-refractivity contribution in [2.75, 3.05) is 0 Å². The molecule has 0 unspecified atom stereocenters. The number of nitrogens with zero attached hydrogens (tertiary/aromatic N) is 2. The van der Waals surface area contributed by atoms with Crippen molar-refractivity contribution in [3.63, 3.8) is 0 Å². The Morgan fingerprint density at radius 1 is 1.40 bits per heavy atom. The third-order valence-electron chi connectivity index (χ3n) is 3.32. The molecule has 2 aromatic rings. The van der Waals surface area contributed by atoms with Crippen molar-refractivity contribution < 1.29 is 9.32 Å². The molecule has 104 valence electrons. The van der Waals surface area contributed by atoms with Gasteiger partial charge >= 0.3 is 0 Å². The lowest BCUT2D eigenvalue weighted by atomic mass is 10.2. The van der Waals surface area contributed by atoms with Crippen LogP contribution in [0.2, 0.25) is 0 Å². The molecule has 0 bridgehead atoms. The predicted molar refractivity (Wildman–Crippen MR) is 76.5 cm³/mol. The number of carbonyl (C=O) groups is 1. The fourth-order valence-corrected chi connectivity index (χ4v) is 2.85. The smallest absolute Gasteiger partial charge is 0.234 e. The summed E-state index contributed by atoms with van der Waals surface area (Å²) in [6, 6.07) is 8.20. The van der Waals surface area contributed by atoms with Crippen LogP contribution >= 0.6 is 11.8 Å². The standard InChI is InChI=1S/C15H16N2O2S/c1-10-4-2-3-5-13(10)20-9-14-16-15(19-17-14)8-12(18)11-6-7-11/h2-5,11H,6-9H2,1H3. The first-order valence-corrected chi connectivity index (χ1v) is 7.73. The maximum atomic E-state index is 11.7. The first kappa shape index (κ1) is 13.4. The molecule has 1 aromatic heterocycles. The molecule has 1 fully saturated rings. The number of ketones is 1. The molecule has 1 heterocycles. The van der Waals surface area contributed by atoms with E-state index in [1.165, 1.54) is 10.5 Å².